The average molecular weight is 358 g/mol. The Morgan fingerprint density at radius 1 is 1.15 bits per heavy atom. The second-order valence-electron chi connectivity index (χ2n) is 8.29. The highest BCUT2D eigenvalue weighted by molar-refractivity contribution is 5.72. The molecule has 4 rings (SSSR count). The first-order valence-electron chi connectivity index (χ1n) is 9.97. The highest BCUT2D eigenvalue weighted by Crippen LogP contribution is 2.45. The molecule has 142 valence electrons. The monoisotopic (exact) mass is 358 g/mol. The summed E-state index contributed by atoms with van der Waals surface area (Å²) in [5, 5.41) is 9.78. The van der Waals surface area contributed by atoms with Gasteiger partial charge in [-0.2, -0.15) is 0 Å². The van der Waals surface area contributed by atoms with Gasteiger partial charge in [0.2, 0.25) is 0 Å². The molecule has 0 aromatic heterocycles. The molecular formula is C21H30N2O3. The molecule has 1 N–H and O–H groups in total. The summed E-state index contributed by atoms with van der Waals surface area (Å²) in [5.74, 6) is -0.843. The first kappa shape index (κ1) is 18.0. The van der Waals surface area contributed by atoms with Crippen LogP contribution in [0, 0.1) is 11.3 Å². The second-order valence-corrected chi connectivity index (χ2v) is 8.29. The lowest BCUT2D eigenvalue weighted by atomic mass is 9.72. The Kier molecular flexibility index (Phi) is 5.30. The third-order valence-electron chi connectivity index (χ3n) is 6.78. The smallest absolute Gasteiger partial charge is 0.308 e. The molecule has 0 saturated carbocycles. The second kappa shape index (κ2) is 7.67. The zero-order chi connectivity index (χ0) is 18.0. The minimum absolute atomic E-state index is 0.0642. The SMILES string of the molecule is O=C(O)C1CN(C2CCN(Cc3ccccc3)CC2)CC12CCOCC2. The molecule has 1 aromatic carbocycles. The van der Waals surface area contributed by atoms with E-state index in [4.69, 9.17) is 4.74 Å². The molecule has 1 atom stereocenters. The van der Waals surface area contributed by atoms with E-state index in [9.17, 15) is 9.90 Å². The number of hydrogen-bond donors (Lipinski definition) is 1. The fourth-order valence-electron chi connectivity index (χ4n) is 5.19. The quantitative estimate of drug-likeness (QED) is 0.896. The van der Waals surface area contributed by atoms with Crippen LogP contribution in [0.25, 0.3) is 0 Å². The van der Waals surface area contributed by atoms with Gasteiger partial charge < -0.3 is 9.84 Å². The number of hydrogen-bond acceptors (Lipinski definition) is 4. The van der Waals surface area contributed by atoms with Gasteiger partial charge in [-0.3, -0.25) is 14.6 Å². The molecule has 3 heterocycles. The third-order valence-corrected chi connectivity index (χ3v) is 6.78. The van der Waals surface area contributed by atoms with E-state index < -0.39 is 5.97 Å². The Morgan fingerprint density at radius 2 is 1.85 bits per heavy atom. The van der Waals surface area contributed by atoms with Gasteiger partial charge in [-0.25, -0.2) is 0 Å². The van der Waals surface area contributed by atoms with Crippen LogP contribution in [0.15, 0.2) is 30.3 Å². The Hall–Kier alpha value is -1.43. The Balaban J connectivity index is 1.35. The Bertz CT molecular complexity index is 607. The lowest BCUT2D eigenvalue weighted by molar-refractivity contribution is -0.147. The van der Waals surface area contributed by atoms with Crippen LogP contribution in [0.3, 0.4) is 0 Å². The number of ether oxygens (including phenoxy) is 1. The van der Waals surface area contributed by atoms with Crippen LogP contribution in [0.2, 0.25) is 0 Å². The molecule has 3 saturated heterocycles. The number of carboxylic acid groups (broad SMARTS) is 1. The topological polar surface area (TPSA) is 53.0 Å². The van der Waals surface area contributed by atoms with Crippen molar-refractivity contribution in [1.29, 1.82) is 0 Å². The number of benzene rings is 1. The number of nitrogens with zero attached hydrogens (tertiary/aromatic N) is 2. The lowest BCUT2D eigenvalue weighted by Gasteiger charge is -2.39. The van der Waals surface area contributed by atoms with Crippen LogP contribution >= 0.6 is 0 Å². The van der Waals surface area contributed by atoms with Gasteiger partial charge in [-0.15, -0.1) is 0 Å². The van der Waals surface area contributed by atoms with Gasteiger partial charge >= 0.3 is 5.97 Å². The molecule has 5 nitrogen and oxygen atoms in total. The van der Waals surface area contributed by atoms with Crippen LogP contribution in [0.1, 0.15) is 31.2 Å². The van der Waals surface area contributed by atoms with E-state index in [1.807, 2.05) is 0 Å². The molecule has 1 unspecified atom stereocenters. The number of aliphatic carboxylic acids is 1. The first-order valence-corrected chi connectivity index (χ1v) is 9.97. The van der Waals surface area contributed by atoms with Crippen LogP contribution in [0.5, 0.6) is 0 Å². The zero-order valence-electron chi connectivity index (χ0n) is 15.5. The van der Waals surface area contributed by atoms with E-state index in [0.29, 0.717) is 19.3 Å². The highest BCUT2D eigenvalue weighted by atomic mass is 16.5. The molecule has 3 aliphatic heterocycles. The third kappa shape index (κ3) is 3.66. The number of rotatable bonds is 4. The largest absolute Gasteiger partial charge is 0.481 e. The van der Waals surface area contributed by atoms with Crippen molar-refractivity contribution in [2.45, 2.75) is 38.3 Å². The van der Waals surface area contributed by atoms with Crippen molar-refractivity contribution in [3.63, 3.8) is 0 Å². The molecular weight excluding hydrogens is 328 g/mol. The maximum Gasteiger partial charge on any atom is 0.308 e. The number of likely N-dealkylation sites (tertiary alicyclic amines) is 2. The summed E-state index contributed by atoms with van der Waals surface area (Å²) in [6.07, 6.45) is 4.08. The standard InChI is InChI=1S/C21H30N2O3/c24-20(25)19-15-23(16-21(19)8-12-26-13-9-21)18-6-10-22(11-7-18)14-17-4-2-1-3-5-17/h1-5,18-19H,6-16H2,(H,24,25). The Morgan fingerprint density at radius 3 is 2.50 bits per heavy atom. The fourth-order valence-corrected chi connectivity index (χ4v) is 5.19. The average Bonchev–Trinajstić information content (AvgIpc) is 3.03. The van der Waals surface area contributed by atoms with Crippen molar-refractivity contribution in [2.75, 3.05) is 39.4 Å². The summed E-state index contributed by atoms with van der Waals surface area (Å²) >= 11 is 0. The van der Waals surface area contributed by atoms with Gasteiger partial charge in [0.15, 0.2) is 0 Å². The van der Waals surface area contributed by atoms with Gasteiger partial charge in [0.25, 0.3) is 0 Å². The molecule has 26 heavy (non-hydrogen) atoms. The fraction of sp³-hybridized carbons (Fsp3) is 0.667. The van der Waals surface area contributed by atoms with Gasteiger partial charge in [-0.1, -0.05) is 30.3 Å². The summed E-state index contributed by atoms with van der Waals surface area (Å²) < 4.78 is 5.52. The van der Waals surface area contributed by atoms with Gasteiger partial charge in [-0.05, 0) is 44.3 Å². The van der Waals surface area contributed by atoms with Crippen LogP contribution in [-0.2, 0) is 16.1 Å². The number of piperidine rings is 1. The van der Waals surface area contributed by atoms with Crippen LogP contribution in [-0.4, -0.2) is 66.3 Å². The summed E-state index contributed by atoms with van der Waals surface area (Å²) in [6.45, 7) is 6.32. The summed E-state index contributed by atoms with van der Waals surface area (Å²) in [6, 6.07) is 11.2. The van der Waals surface area contributed by atoms with Crippen molar-refractivity contribution in [3.8, 4) is 0 Å². The maximum atomic E-state index is 11.9. The molecule has 1 spiro atoms. The molecule has 0 radical (unpaired) electrons. The summed E-state index contributed by atoms with van der Waals surface area (Å²) in [4.78, 5) is 16.9. The van der Waals surface area contributed by atoms with Crippen molar-refractivity contribution in [3.05, 3.63) is 35.9 Å². The minimum atomic E-state index is -0.615. The van der Waals surface area contributed by atoms with Gasteiger partial charge in [0.1, 0.15) is 0 Å². The number of carboxylic acids is 1. The van der Waals surface area contributed by atoms with E-state index >= 15 is 0 Å². The molecule has 3 fully saturated rings. The van der Waals surface area contributed by atoms with Crippen LogP contribution in [0.4, 0.5) is 0 Å². The molecule has 5 heteroatoms. The molecule has 1 aromatic rings. The van der Waals surface area contributed by atoms with E-state index in [-0.39, 0.29) is 11.3 Å². The normalized spacial score (nSPS) is 27.8. The van der Waals surface area contributed by atoms with E-state index in [1.165, 1.54) is 5.56 Å². The predicted molar refractivity (Wildman–Crippen MR) is 99.9 cm³/mol. The van der Waals surface area contributed by atoms with E-state index in [2.05, 4.69) is 40.1 Å². The lowest BCUT2D eigenvalue weighted by Crippen LogP contribution is -2.45. The molecule has 3 aliphatic rings. The predicted octanol–water partition coefficient (Wildman–Crippen LogP) is 2.46. The minimum Gasteiger partial charge on any atom is -0.481 e. The Labute approximate surface area is 155 Å². The van der Waals surface area contributed by atoms with Crippen molar-refractivity contribution >= 4 is 5.97 Å². The van der Waals surface area contributed by atoms with E-state index in [0.717, 1.165) is 58.4 Å². The number of carbonyl (C=O) groups is 1. The summed E-state index contributed by atoms with van der Waals surface area (Å²) in [7, 11) is 0. The van der Waals surface area contributed by atoms with Crippen molar-refractivity contribution in [1.82, 2.24) is 9.80 Å². The first-order chi connectivity index (χ1) is 12.7. The van der Waals surface area contributed by atoms with Crippen molar-refractivity contribution in [2.24, 2.45) is 11.3 Å². The summed E-state index contributed by atoms with van der Waals surface area (Å²) in [5.41, 5.74) is 1.31. The molecule has 0 aliphatic carbocycles. The van der Waals surface area contributed by atoms with Gasteiger partial charge in [0, 0.05) is 44.3 Å². The molecule has 0 amide bonds. The van der Waals surface area contributed by atoms with E-state index in [1.54, 1.807) is 0 Å². The van der Waals surface area contributed by atoms with Crippen molar-refractivity contribution < 1.29 is 14.6 Å². The van der Waals surface area contributed by atoms with Crippen LogP contribution < -0.4 is 0 Å². The maximum absolute atomic E-state index is 11.9. The molecule has 0 bridgehead atoms. The highest BCUT2D eigenvalue weighted by Gasteiger charge is 2.52. The van der Waals surface area contributed by atoms with Gasteiger partial charge in [0.05, 0.1) is 5.92 Å². The zero-order valence-corrected chi connectivity index (χ0v) is 15.5.